The number of rotatable bonds is 4. The zero-order valence-electron chi connectivity index (χ0n) is 9.90. The fourth-order valence-corrected chi connectivity index (χ4v) is 5.21. The molecule has 8 heteroatoms. The lowest BCUT2D eigenvalue weighted by molar-refractivity contribution is 0.0324. The maximum atomic E-state index is 12.1. The number of halogens is 1. The van der Waals surface area contributed by atoms with Crippen molar-refractivity contribution in [2.24, 2.45) is 0 Å². The van der Waals surface area contributed by atoms with Crippen molar-refractivity contribution in [1.29, 1.82) is 0 Å². The lowest BCUT2D eigenvalue weighted by Gasteiger charge is -2.23. The van der Waals surface area contributed by atoms with Crippen LogP contribution in [0.1, 0.15) is 4.88 Å². The maximum Gasteiger partial charge on any atom is 0.241 e. The first-order chi connectivity index (χ1) is 8.49. The molecule has 0 aromatic carbocycles. The lowest BCUT2D eigenvalue weighted by atomic mass is 10.3. The van der Waals surface area contributed by atoms with E-state index in [9.17, 15) is 8.42 Å². The molecule has 1 aromatic heterocycles. The molecule has 1 aliphatic rings. The van der Waals surface area contributed by atoms with Gasteiger partial charge in [-0.15, -0.1) is 11.3 Å². The van der Waals surface area contributed by atoms with Crippen molar-refractivity contribution in [2.45, 2.75) is 17.9 Å². The van der Waals surface area contributed by atoms with E-state index >= 15 is 0 Å². The predicted molar refractivity (Wildman–Crippen MR) is 74.6 cm³/mol. The molecule has 2 rings (SSSR count). The Balaban J connectivity index is 2.01. The van der Waals surface area contributed by atoms with Crippen LogP contribution in [0.15, 0.2) is 14.7 Å². The molecule has 1 fully saturated rings. The number of morpholine rings is 1. The molecule has 1 unspecified atom stereocenters. The van der Waals surface area contributed by atoms with Gasteiger partial charge in [0.1, 0.15) is 0 Å². The zero-order valence-corrected chi connectivity index (χ0v) is 13.1. The van der Waals surface area contributed by atoms with Crippen LogP contribution in [0.2, 0.25) is 0 Å². The van der Waals surface area contributed by atoms with E-state index in [0.717, 1.165) is 15.2 Å². The molecule has 18 heavy (non-hydrogen) atoms. The average molecular weight is 355 g/mol. The highest BCUT2D eigenvalue weighted by Crippen LogP contribution is 2.29. The van der Waals surface area contributed by atoms with E-state index in [2.05, 4.69) is 26.0 Å². The SMILES string of the molecule is Cc1sc(Br)cc1S(=O)(=O)NCC1CNCCO1. The second-order valence-corrected chi connectivity index (χ2v) is 8.39. The molecule has 0 radical (unpaired) electrons. The van der Waals surface area contributed by atoms with Crippen LogP contribution in [0.5, 0.6) is 0 Å². The number of ether oxygens (including phenoxy) is 1. The van der Waals surface area contributed by atoms with Gasteiger partial charge in [-0.05, 0) is 28.9 Å². The van der Waals surface area contributed by atoms with Gasteiger partial charge in [0.15, 0.2) is 0 Å². The summed E-state index contributed by atoms with van der Waals surface area (Å²) >= 11 is 4.71. The van der Waals surface area contributed by atoms with E-state index in [-0.39, 0.29) is 6.10 Å². The van der Waals surface area contributed by atoms with E-state index in [1.165, 1.54) is 11.3 Å². The topological polar surface area (TPSA) is 67.4 Å². The Hall–Kier alpha value is 0.01000. The van der Waals surface area contributed by atoms with Crippen LogP contribution in [0.25, 0.3) is 0 Å². The number of sulfonamides is 1. The van der Waals surface area contributed by atoms with Gasteiger partial charge in [-0.3, -0.25) is 0 Å². The molecular formula is C10H15BrN2O3S2. The molecule has 0 saturated carbocycles. The van der Waals surface area contributed by atoms with Crippen molar-refractivity contribution in [3.8, 4) is 0 Å². The summed E-state index contributed by atoms with van der Waals surface area (Å²) in [5.41, 5.74) is 0. The molecular weight excluding hydrogens is 340 g/mol. The predicted octanol–water partition coefficient (Wildman–Crippen LogP) is 1.09. The van der Waals surface area contributed by atoms with Gasteiger partial charge in [-0.25, -0.2) is 13.1 Å². The number of nitrogens with one attached hydrogen (secondary N) is 2. The van der Waals surface area contributed by atoms with Gasteiger partial charge in [-0.1, -0.05) is 0 Å². The molecule has 1 saturated heterocycles. The second-order valence-electron chi connectivity index (χ2n) is 4.02. The molecule has 1 aromatic rings. The van der Waals surface area contributed by atoms with Crippen molar-refractivity contribution in [3.63, 3.8) is 0 Å². The lowest BCUT2D eigenvalue weighted by Crippen LogP contribution is -2.45. The molecule has 0 bridgehead atoms. The Morgan fingerprint density at radius 3 is 3.00 bits per heavy atom. The highest BCUT2D eigenvalue weighted by molar-refractivity contribution is 9.11. The van der Waals surface area contributed by atoms with Crippen LogP contribution < -0.4 is 10.0 Å². The van der Waals surface area contributed by atoms with E-state index in [1.807, 2.05) is 0 Å². The van der Waals surface area contributed by atoms with Crippen molar-refractivity contribution in [1.82, 2.24) is 10.0 Å². The van der Waals surface area contributed by atoms with Gasteiger partial charge in [0.05, 0.1) is 21.4 Å². The first-order valence-electron chi connectivity index (χ1n) is 5.57. The van der Waals surface area contributed by atoms with Gasteiger partial charge in [0.2, 0.25) is 10.0 Å². The van der Waals surface area contributed by atoms with E-state index in [1.54, 1.807) is 13.0 Å². The summed E-state index contributed by atoms with van der Waals surface area (Å²) in [5.74, 6) is 0. The van der Waals surface area contributed by atoms with Crippen molar-refractivity contribution >= 4 is 37.3 Å². The van der Waals surface area contributed by atoms with E-state index < -0.39 is 10.0 Å². The molecule has 5 nitrogen and oxygen atoms in total. The molecule has 2 N–H and O–H groups in total. The van der Waals surface area contributed by atoms with E-state index in [4.69, 9.17) is 4.74 Å². The molecule has 1 aliphatic heterocycles. The van der Waals surface area contributed by atoms with Gasteiger partial charge in [0.25, 0.3) is 0 Å². The van der Waals surface area contributed by atoms with Crippen LogP contribution in [0.3, 0.4) is 0 Å². The summed E-state index contributed by atoms with van der Waals surface area (Å²) < 4.78 is 33.1. The Morgan fingerprint density at radius 1 is 1.67 bits per heavy atom. The first kappa shape index (κ1) is 14.4. The summed E-state index contributed by atoms with van der Waals surface area (Å²) in [6.07, 6.45) is -0.101. The highest BCUT2D eigenvalue weighted by Gasteiger charge is 2.22. The summed E-state index contributed by atoms with van der Waals surface area (Å²) in [6.45, 7) is 4.20. The maximum absolute atomic E-state index is 12.1. The number of aryl methyl sites for hydroxylation is 1. The monoisotopic (exact) mass is 354 g/mol. The van der Waals surface area contributed by atoms with Gasteiger partial charge < -0.3 is 10.1 Å². The minimum Gasteiger partial charge on any atom is -0.374 e. The highest BCUT2D eigenvalue weighted by atomic mass is 79.9. The average Bonchev–Trinajstić information content (AvgIpc) is 2.68. The third-order valence-electron chi connectivity index (χ3n) is 2.64. The molecule has 0 amide bonds. The second kappa shape index (κ2) is 5.98. The zero-order chi connectivity index (χ0) is 13.2. The van der Waals surface area contributed by atoms with Gasteiger partial charge in [-0.2, -0.15) is 0 Å². The first-order valence-corrected chi connectivity index (χ1v) is 8.66. The Bertz CT molecular complexity index is 509. The molecule has 0 spiro atoms. The Kier molecular flexibility index (Phi) is 4.79. The smallest absolute Gasteiger partial charge is 0.241 e. The summed E-state index contributed by atoms with van der Waals surface area (Å²) in [5, 5.41) is 3.16. The summed E-state index contributed by atoms with van der Waals surface area (Å²) in [6, 6.07) is 1.63. The van der Waals surface area contributed by atoms with E-state index in [0.29, 0.717) is 24.6 Å². The largest absolute Gasteiger partial charge is 0.374 e. The van der Waals surface area contributed by atoms with Crippen LogP contribution in [0, 0.1) is 6.92 Å². The van der Waals surface area contributed by atoms with Gasteiger partial charge in [0, 0.05) is 24.5 Å². The third kappa shape index (κ3) is 3.52. The summed E-state index contributed by atoms with van der Waals surface area (Å²) in [7, 11) is -3.45. The van der Waals surface area contributed by atoms with Crippen LogP contribution in [-0.4, -0.2) is 40.8 Å². The van der Waals surface area contributed by atoms with Crippen molar-refractivity contribution < 1.29 is 13.2 Å². The number of hydrogen-bond acceptors (Lipinski definition) is 5. The van der Waals surface area contributed by atoms with Gasteiger partial charge >= 0.3 is 0 Å². The number of thiophene rings is 1. The minimum absolute atomic E-state index is 0.101. The van der Waals surface area contributed by atoms with Crippen molar-refractivity contribution in [2.75, 3.05) is 26.2 Å². The van der Waals surface area contributed by atoms with Crippen molar-refractivity contribution in [3.05, 3.63) is 14.7 Å². The quantitative estimate of drug-likeness (QED) is 0.849. The molecule has 102 valence electrons. The Labute approximate surface area is 119 Å². The molecule has 0 aliphatic carbocycles. The normalized spacial score (nSPS) is 21.1. The Morgan fingerprint density at radius 2 is 2.44 bits per heavy atom. The fraction of sp³-hybridized carbons (Fsp3) is 0.600. The fourth-order valence-electron chi connectivity index (χ4n) is 1.73. The van der Waals surface area contributed by atoms with Crippen LogP contribution in [-0.2, 0) is 14.8 Å². The van der Waals surface area contributed by atoms with Crippen LogP contribution >= 0.6 is 27.3 Å². The molecule has 2 heterocycles. The minimum atomic E-state index is -3.45. The van der Waals surface area contributed by atoms with Crippen LogP contribution in [0.4, 0.5) is 0 Å². The standard InChI is InChI=1S/C10H15BrN2O3S2/c1-7-9(4-10(11)17-7)18(14,15)13-6-8-5-12-2-3-16-8/h4,8,12-13H,2-3,5-6H2,1H3. The molecule has 1 atom stereocenters. The number of hydrogen-bond donors (Lipinski definition) is 2. The summed E-state index contributed by atoms with van der Waals surface area (Å²) in [4.78, 5) is 1.11. The third-order valence-corrected chi connectivity index (χ3v) is 5.87.